The zero-order valence-corrected chi connectivity index (χ0v) is 10.9. The second kappa shape index (κ2) is 5.93. The van der Waals surface area contributed by atoms with Crippen LogP contribution < -0.4 is 0 Å². The summed E-state index contributed by atoms with van der Waals surface area (Å²) in [5, 5.41) is 9.39. The number of hydrogen-bond donors (Lipinski definition) is 2. The van der Waals surface area contributed by atoms with E-state index >= 15 is 0 Å². The molecule has 1 heterocycles. The Morgan fingerprint density at radius 1 is 1.35 bits per heavy atom. The summed E-state index contributed by atoms with van der Waals surface area (Å²) in [6, 6.07) is 7.08. The molecule has 0 aliphatic carbocycles. The fourth-order valence-electron chi connectivity index (χ4n) is 1.75. The number of carbonyl (C=O) groups excluding carboxylic acids is 1. The van der Waals surface area contributed by atoms with E-state index in [4.69, 9.17) is 9.84 Å². The second-order valence-corrected chi connectivity index (χ2v) is 4.08. The standard InChI is InChI=1S/C15H13NO4/c1-2-20-15(19)13-9-11-7-6-10(8-12(11)16-13)4-3-5-14(17)18/h6-9,16H,2,5H2,1H3,(H,17,18). The highest BCUT2D eigenvalue weighted by molar-refractivity contribution is 5.95. The lowest BCUT2D eigenvalue weighted by Gasteiger charge is -1.96. The Balaban J connectivity index is 2.27. The number of esters is 1. The number of rotatable bonds is 3. The van der Waals surface area contributed by atoms with Crippen molar-refractivity contribution in [3.63, 3.8) is 0 Å². The minimum atomic E-state index is -0.956. The summed E-state index contributed by atoms with van der Waals surface area (Å²) in [5.41, 5.74) is 1.84. The fraction of sp³-hybridized carbons (Fsp3) is 0.200. The quantitative estimate of drug-likeness (QED) is 0.662. The maximum absolute atomic E-state index is 11.6. The predicted octanol–water partition coefficient (Wildman–Crippen LogP) is 2.17. The molecular formula is C15H13NO4. The lowest BCUT2D eigenvalue weighted by atomic mass is 10.1. The number of benzene rings is 1. The number of carboxylic acids is 1. The molecule has 1 aromatic carbocycles. The molecule has 5 nitrogen and oxygen atoms in total. The normalized spacial score (nSPS) is 9.85. The first-order valence-corrected chi connectivity index (χ1v) is 6.10. The first-order chi connectivity index (χ1) is 9.60. The average Bonchev–Trinajstić information content (AvgIpc) is 2.81. The number of ether oxygens (including phenoxy) is 1. The summed E-state index contributed by atoms with van der Waals surface area (Å²) in [7, 11) is 0. The van der Waals surface area contributed by atoms with Crippen molar-refractivity contribution < 1.29 is 19.4 Å². The van der Waals surface area contributed by atoms with Crippen molar-refractivity contribution in [3.05, 3.63) is 35.5 Å². The van der Waals surface area contributed by atoms with Gasteiger partial charge in [-0.25, -0.2) is 4.79 Å². The molecule has 0 unspecified atom stereocenters. The molecule has 2 rings (SSSR count). The lowest BCUT2D eigenvalue weighted by molar-refractivity contribution is -0.135. The second-order valence-electron chi connectivity index (χ2n) is 4.08. The van der Waals surface area contributed by atoms with E-state index in [1.807, 2.05) is 6.07 Å². The van der Waals surface area contributed by atoms with Crippen LogP contribution in [0.5, 0.6) is 0 Å². The van der Waals surface area contributed by atoms with Crippen LogP contribution in [0.1, 0.15) is 29.4 Å². The molecule has 0 saturated heterocycles. The maximum atomic E-state index is 11.6. The first-order valence-electron chi connectivity index (χ1n) is 6.10. The first kappa shape index (κ1) is 13.7. The van der Waals surface area contributed by atoms with E-state index < -0.39 is 11.9 Å². The van der Waals surface area contributed by atoms with Gasteiger partial charge in [-0.05, 0) is 25.1 Å². The van der Waals surface area contributed by atoms with Gasteiger partial charge in [0.1, 0.15) is 12.1 Å². The van der Waals surface area contributed by atoms with Crippen LogP contribution >= 0.6 is 0 Å². The van der Waals surface area contributed by atoms with Gasteiger partial charge >= 0.3 is 11.9 Å². The Hall–Kier alpha value is -2.74. The molecule has 0 bridgehead atoms. The molecule has 0 aliphatic heterocycles. The molecule has 2 N–H and O–H groups in total. The SMILES string of the molecule is CCOC(=O)c1cc2ccc(C#CCC(=O)O)cc2[nH]1. The maximum Gasteiger partial charge on any atom is 0.354 e. The summed E-state index contributed by atoms with van der Waals surface area (Å²) in [6.07, 6.45) is -0.198. The highest BCUT2D eigenvalue weighted by Gasteiger charge is 2.10. The number of fused-ring (bicyclic) bond motifs is 1. The lowest BCUT2D eigenvalue weighted by Crippen LogP contribution is -2.04. The number of hydrogen-bond acceptors (Lipinski definition) is 3. The van der Waals surface area contributed by atoms with Gasteiger partial charge in [0.15, 0.2) is 0 Å². The van der Waals surface area contributed by atoms with Crippen molar-refractivity contribution in [2.45, 2.75) is 13.3 Å². The van der Waals surface area contributed by atoms with Gasteiger partial charge in [-0.15, -0.1) is 0 Å². The van der Waals surface area contributed by atoms with E-state index in [1.165, 1.54) is 0 Å². The molecule has 0 fully saturated rings. The van der Waals surface area contributed by atoms with Gasteiger partial charge in [0.2, 0.25) is 0 Å². The molecule has 0 spiro atoms. The third-order valence-corrected chi connectivity index (χ3v) is 2.59. The van der Waals surface area contributed by atoms with E-state index in [9.17, 15) is 9.59 Å². The molecule has 0 radical (unpaired) electrons. The van der Waals surface area contributed by atoms with Crippen molar-refractivity contribution >= 4 is 22.8 Å². The van der Waals surface area contributed by atoms with E-state index in [2.05, 4.69) is 16.8 Å². The molecule has 0 aliphatic rings. The van der Waals surface area contributed by atoms with E-state index in [0.29, 0.717) is 17.9 Å². The highest BCUT2D eigenvalue weighted by Crippen LogP contribution is 2.17. The number of carboxylic acid groups (broad SMARTS) is 1. The largest absolute Gasteiger partial charge is 0.481 e. The van der Waals surface area contributed by atoms with Crippen LogP contribution in [0, 0.1) is 11.8 Å². The molecule has 5 heteroatoms. The van der Waals surface area contributed by atoms with Crippen LogP contribution in [0.3, 0.4) is 0 Å². The van der Waals surface area contributed by atoms with Gasteiger partial charge in [-0.1, -0.05) is 17.9 Å². The third kappa shape index (κ3) is 3.18. The minimum Gasteiger partial charge on any atom is -0.481 e. The monoisotopic (exact) mass is 271 g/mol. The molecule has 0 atom stereocenters. The van der Waals surface area contributed by atoms with Crippen molar-refractivity contribution in [2.24, 2.45) is 0 Å². The van der Waals surface area contributed by atoms with Crippen molar-refractivity contribution in [1.82, 2.24) is 4.98 Å². The Bertz CT molecular complexity index is 718. The Morgan fingerprint density at radius 2 is 2.15 bits per heavy atom. The Morgan fingerprint density at radius 3 is 2.85 bits per heavy atom. The van der Waals surface area contributed by atoms with E-state index in [-0.39, 0.29) is 6.42 Å². The third-order valence-electron chi connectivity index (χ3n) is 2.59. The van der Waals surface area contributed by atoms with Crippen LogP contribution in [-0.4, -0.2) is 28.6 Å². The molecular weight excluding hydrogens is 258 g/mol. The molecule has 102 valence electrons. The number of aromatic nitrogens is 1. The van der Waals surface area contributed by atoms with E-state index in [0.717, 1.165) is 10.9 Å². The summed E-state index contributed by atoms with van der Waals surface area (Å²) in [4.78, 5) is 24.9. The van der Waals surface area contributed by atoms with Gasteiger partial charge in [0.25, 0.3) is 0 Å². The zero-order valence-electron chi connectivity index (χ0n) is 10.9. The van der Waals surface area contributed by atoms with Crippen LogP contribution in [0.4, 0.5) is 0 Å². The van der Waals surface area contributed by atoms with E-state index in [1.54, 1.807) is 25.1 Å². The van der Waals surface area contributed by atoms with Gasteiger partial charge < -0.3 is 14.8 Å². The number of H-pyrrole nitrogens is 1. The number of aromatic amines is 1. The molecule has 20 heavy (non-hydrogen) atoms. The van der Waals surface area contributed by atoms with Crippen LogP contribution in [0.15, 0.2) is 24.3 Å². The molecule has 1 aromatic heterocycles. The van der Waals surface area contributed by atoms with Crippen molar-refractivity contribution in [2.75, 3.05) is 6.61 Å². The topological polar surface area (TPSA) is 79.4 Å². The summed E-state index contributed by atoms with van der Waals surface area (Å²) >= 11 is 0. The average molecular weight is 271 g/mol. The fourth-order valence-corrected chi connectivity index (χ4v) is 1.75. The Kier molecular flexibility index (Phi) is 4.06. The van der Waals surface area contributed by atoms with Crippen LogP contribution in [0.25, 0.3) is 10.9 Å². The number of carbonyl (C=O) groups is 2. The minimum absolute atomic E-state index is 0.198. The summed E-state index contributed by atoms with van der Waals surface area (Å²) in [5.74, 6) is 3.97. The molecule has 0 amide bonds. The predicted molar refractivity (Wildman–Crippen MR) is 73.4 cm³/mol. The number of aliphatic carboxylic acids is 1. The van der Waals surface area contributed by atoms with Gasteiger partial charge in [-0.3, -0.25) is 4.79 Å². The summed E-state index contributed by atoms with van der Waals surface area (Å²) < 4.78 is 4.92. The van der Waals surface area contributed by atoms with Crippen molar-refractivity contribution in [1.29, 1.82) is 0 Å². The zero-order chi connectivity index (χ0) is 14.5. The van der Waals surface area contributed by atoms with Gasteiger partial charge in [0, 0.05) is 16.5 Å². The smallest absolute Gasteiger partial charge is 0.354 e. The van der Waals surface area contributed by atoms with Crippen molar-refractivity contribution in [3.8, 4) is 11.8 Å². The Labute approximate surface area is 115 Å². The molecule has 2 aromatic rings. The number of nitrogens with one attached hydrogen (secondary N) is 1. The molecule has 0 saturated carbocycles. The van der Waals surface area contributed by atoms with Gasteiger partial charge in [-0.2, -0.15) is 0 Å². The highest BCUT2D eigenvalue weighted by atomic mass is 16.5. The van der Waals surface area contributed by atoms with Gasteiger partial charge in [0.05, 0.1) is 6.61 Å². The van der Waals surface area contributed by atoms with Crippen LogP contribution in [0.2, 0.25) is 0 Å². The summed E-state index contributed by atoms with van der Waals surface area (Å²) in [6.45, 7) is 2.07. The van der Waals surface area contributed by atoms with Crippen LogP contribution in [-0.2, 0) is 9.53 Å².